The van der Waals surface area contributed by atoms with Crippen LogP contribution in [0.3, 0.4) is 0 Å². The average Bonchev–Trinajstić information content (AvgIpc) is 2.36. The maximum absolute atomic E-state index is 12.3. The number of nitrogens with two attached hydrogens (primary N) is 1. The van der Waals surface area contributed by atoms with Crippen molar-refractivity contribution in [3.8, 4) is 0 Å². The molecule has 1 aliphatic heterocycles. The molecule has 2 rings (SSSR count). The smallest absolute Gasteiger partial charge is 0.223 e. The first-order valence-electron chi connectivity index (χ1n) is 6.90. The van der Waals surface area contributed by atoms with Gasteiger partial charge in [-0.1, -0.05) is 43.1 Å². The number of likely N-dealkylation sites (tertiary alicyclic amines) is 1. The first-order chi connectivity index (χ1) is 9.41. The van der Waals surface area contributed by atoms with E-state index in [1.54, 1.807) is 18.2 Å². The van der Waals surface area contributed by atoms with Crippen molar-refractivity contribution in [3.63, 3.8) is 0 Å². The van der Waals surface area contributed by atoms with E-state index in [9.17, 15) is 4.79 Å². The van der Waals surface area contributed by atoms with Gasteiger partial charge < -0.3 is 10.6 Å². The first-order valence-corrected chi connectivity index (χ1v) is 7.66. The van der Waals surface area contributed by atoms with Gasteiger partial charge in [0.1, 0.15) is 0 Å². The number of hydrogen-bond donors (Lipinski definition) is 1. The van der Waals surface area contributed by atoms with Crippen molar-refractivity contribution in [2.45, 2.75) is 38.8 Å². The summed E-state index contributed by atoms with van der Waals surface area (Å²) in [6.07, 6.45) is 1.16. The Bertz CT molecular complexity index is 484. The Labute approximate surface area is 130 Å². The van der Waals surface area contributed by atoms with Crippen molar-refractivity contribution >= 4 is 29.1 Å². The molecule has 2 unspecified atom stereocenters. The molecule has 3 nitrogen and oxygen atoms in total. The van der Waals surface area contributed by atoms with Crippen LogP contribution in [0.5, 0.6) is 0 Å². The minimum atomic E-state index is -0.236. The first kappa shape index (κ1) is 15.6. The Morgan fingerprint density at radius 2 is 1.95 bits per heavy atom. The number of benzene rings is 1. The van der Waals surface area contributed by atoms with E-state index < -0.39 is 0 Å². The lowest BCUT2D eigenvalue weighted by Gasteiger charge is -2.41. The number of hydrogen-bond acceptors (Lipinski definition) is 2. The second-order valence-corrected chi connectivity index (χ2v) is 6.54. The van der Waals surface area contributed by atoms with Gasteiger partial charge in [-0.25, -0.2) is 0 Å². The third-order valence-electron chi connectivity index (χ3n) is 3.61. The van der Waals surface area contributed by atoms with Crippen molar-refractivity contribution in [2.24, 2.45) is 11.7 Å². The van der Waals surface area contributed by atoms with Crippen LogP contribution in [0, 0.1) is 5.92 Å². The largest absolute Gasteiger partial charge is 0.334 e. The van der Waals surface area contributed by atoms with Crippen molar-refractivity contribution in [2.75, 3.05) is 6.54 Å². The zero-order valence-corrected chi connectivity index (χ0v) is 13.3. The Hall–Kier alpha value is -0.770. The normalized spacial score (nSPS) is 23.5. The Balaban J connectivity index is 2.45. The second-order valence-electron chi connectivity index (χ2n) is 5.72. The number of rotatable bonds is 3. The third-order valence-corrected chi connectivity index (χ3v) is 4.27. The van der Waals surface area contributed by atoms with E-state index in [0.29, 0.717) is 35.3 Å². The van der Waals surface area contributed by atoms with E-state index >= 15 is 0 Å². The van der Waals surface area contributed by atoms with Crippen molar-refractivity contribution in [1.82, 2.24) is 4.90 Å². The van der Waals surface area contributed by atoms with Gasteiger partial charge in [0, 0.05) is 34.6 Å². The van der Waals surface area contributed by atoms with Crippen molar-refractivity contribution in [1.29, 1.82) is 0 Å². The molecule has 2 atom stereocenters. The van der Waals surface area contributed by atoms with Gasteiger partial charge in [0.25, 0.3) is 0 Å². The second kappa shape index (κ2) is 6.33. The minimum Gasteiger partial charge on any atom is -0.334 e. The number of carbonyl (C=O) groups is 1. The Kier molecular flexibility index (Phi) is 4.95. The predicted molar refractivity (Wildman–Crippen MR) is 83.0 cm³/mol. The maximum Gasteiger partial charge on any atom is 0.223 e. The number of piperidine rings is 1. The average molecular weight is 315 g/mol. The highest BCUT2D eigenvalue weighted by Crippen LogP contribution is 2.39. The molecule has 2 N–H and O–H groups in total. The molecule has 1 heterocycles. The molecule has 1 amide bonds. The molecular weight excluding hydrogens is 295 g/mol. The van der Waals surface area contributed by atoms with Gasteiger partial charge in [-0.3, -0.25) is 4.79 Å². The van der Waals surface area contributed by atoms with E-state index in [-0.39, 0.29) is 18.0 Å². The van der Waals surface area contributed by atoms with Gasteiger partial charge in [0.05, 0.1) is 6.04 Å². The zero-order chi connectivity index (χ0) is 14.9. The monoisotopic (exact) mass is 314 g/mol. The van der Waals surface area contributed by atoms with Crippen LogP contribution in [0.4, 0.5) is 0 Å². The Morgan fingerprint density at radius 1 is 1.35 bits per heavy atom. The van der Waals surface area contributed by atoms with Crippen LogP contribution in [0.25, 0.3) is 0 Å². The maximum atomic E-state index is 12.3. The number of halogens is 2. The molecule has 0 spiro atoms. The van der Waals surface area contributed by atoms with Crippen LogP contribution < -0.4 is 5.73 Å². The summed E-state index contributed by atoms with van der Waals surface area (Å²) in [5.74, 6) is 0.495. The van der Waals surface area contributed by atoms with Crippen LogP contribution in [0.15, 0.2) is 18.2 Å². The molecule has 1 aromatic rings. The molecule has 1 aliphatic rings. The molecule has 1 aromatic carbocycles. The van der Waals surface area contributed by atoms with Crippen LogP contribution in [-0.4, -0.2) is 23.4 Å². The summed E-state index contributed by atoms with van der Waals surface area (Å²) in [7, 11) is 0. The summed E-state index contributed by atoms with van der Waals surface area (Å²) >= 11 is 12.6. The molecule has 0 aromatic heterocycles. The van der Waals surface area contributed by atoms with E-state index in [0.717, 1.165) is 5.56 Å². The molecule has 110 valence electrons. The number of carbonyl (C=O) groups excluding carboxylic acids is 1. The van der Waals surface area contributed by atoms with Crippen LogP contribution in [0.1, 0.15) is 38.3 Å². The topological polar surface area (TPSA) is 46.3 Å². The summed E-state index contributed by atoms with van der Waals surface area (Å²) in [5.41, 5.74) is 7.04. The fraction of sp³-hybridized carbons (Fsp3) is 0.533. The molecule has 0 saturated carbocycles. The van der Waals surface area contributed by atoms with Gasteiger partial charge >= 0.3 is 0 Å². The van der Waals surface area contributed by atoms with Gasteiger partial charge in [-0.15, -0.1) is 0 Å². The molecule has 5 heteroatoms. The summed E-state index contributed by atoms with van der Waals surface area (Å²) < 4.78 is 0. The molecule has 0 aliphatic carbocycles. The van der Waals surface area contributed by atoms with Crippen molar-refractivity contribution in [3.05, 3.63) is 33.8 Å². The fourth-order valence-electron chi connectivity index (χ4n) is 2.75. The third kappa shape index (κ3) is 3.11. The summed E-state index contributed by atoms with van der Waals surface area (Å²) in [6.45, 7) is 4.83. The van der Waals surface area contributed by atoms with E-state index in [1.807, 2.05) is 4.90 Å². The minimum absolute atomic E-state index is 0.126. The number of nitrogens with zero attached hydrogens (tertiary/aromatic N) is 1. The lowest BCUT2D eigenvalue weighted by atomic mass is 9.89. The van der Waals surface area contributed by atoms with Gasteiger partial charge in [0.2, 0.25) is 5.91 Å². The quantitative estimate of drug-likeness (QED) is 0.925. The summed E-state index contributed by atoms with van der Waals surface area (Å²) in [5, 5.41) is 1.14. The fourth-order valence-corrected chi connectivity index (χ4v) is 3.37. The van der Waals surface area contributed by atoms with E-state index in [2.05, 4.69) is 13.8 Å². The highest BCUT2D eigenvalue weighted by molar-refractivity contribution is 6.36. The van der Waals surface area contributed by atoms with Gasteiger partial charge in [-0.2, -0.15) is 0 Å². The summed E-state index contributed by atoms with van der Waals surface area (Å²) in [6, 6.07) is 5.02. The van der Waals surface area contributed by atoms with Crippen LogP contribution in [-0.2, 0) is 4.79 Å². The zero-order valence-electron chi connectivity index (χ0n) is 11.8. The molecule has 0 radical (unpaired) electrons. The Morgan fingerprint density at radius 3 is 2.50 bits per heavy atom. The molecule has 1 fully saturated rings. The highest BCUT2D eigenvalue weighted by Gasteiger charge is 2.37. The SMILES string of the molecule is CC(C)CN1C(=O)CCC(N)C1c1c(Cl)cccc1Cl. The van der Waals surface area contributed by atoms with Crippen LogP contribution >= 0.6 is 23.2 Å². The standard InChI is InChI=1S/C15H20Cl2N2O/c1-9(2)8-19-13(20)7-6-12(18)15(19)14-10(16)4-3-5-11(14)17/h3-5,9,12,15H,6-8,18H2,1-2H3. The van der Waals surface area contributed by atoms with E-state index in [4.69, 9.17) is 28.9 Å². The lowest BCUT2D eigenvalue weighted by Crippen LogP contribution is -2.50. The van der Waals surface area contributed by atoms with Crippen LogP contribution in [0.2, 0.25) is 10.0 Å². The summed E-state index contributed by atoms with van der Waals surface area (Å²) in [4.78, 5) is 14.1. The van der Waals surface area contributed by atoms with E-state index in [1.165, 1.54) is 0 Å². The molecular formula is C15H20Cl2N2O. The molecule has 20 heavy (non-hydrogen) atoms. The lowest BCUT2D eigenvalue weighted by molar-refractivity contribution is -0.138. The highest BCUT2D eigenvalue weighted by atomic mass is 35.5. The number of amides is 1. The van der Waals surface area contributed by atoms with Gasteiger partial charge in [0.15, 0.2) is 0 Å². The molecule has 1 saturated heterocycles. The van der Waals surface area contributed by atoms with Crippen molar-refractivity contribution < 1.29 is 4.79 Å². The van der Waals surface area contributed by atoms with Gasteiger partial charge in [-0.05, 0) is 24.5 Å². The predicted octanol–water partition coefficient (Wildman–Crippen LogP) is 3.64. The molecule has 0 bridgehead atoms.